The van der Waals surface area contributed by atoms with E-state index < -0.39 is 12.4 Å². The molecule has 0 spiro atoms. The molecule has 58 valence electrons. The van der Waals surface area contributed by atoms with Crippen molar-refractivity contribution >= 4 is 6.29 Å². The molecule has 0 radical (unpaired) electrons. The average molecular weight is 146 g/mol. The topological polar surface area (TPSA) is 55.8 Å². The largest absolute Gasteiger partial charge is 0.390 e. The van der Waals surface area contributed by atoms with E-state index in [4.69, 9.17) is 14.6 Å². The molecule has 1 saturated heterocycles. The van der Waals surface area contributed by atoms with Crippen LogP contribution in [0, 0.1) is 0 Å². The number of carbonyl (C=O) groups is 1. The van der Waals surface area contributed by atoms with E-state index in [9.17, 15) is 4.79 Å². The number of ether oxygens (including phenoxy) is 2. The summed E-state index contributed by atoms with van der Waals surface area (Å²) in [5.74, 6) is -1.36. The Morgan fingerprint density at radius 1 is 1.50 bits per heavy atom. The van der Waals surface area contributed by atoms with Gasteiger partial charge in [0.1, 0.15) is 6.61 Å². The minimum Gasteiger partial charge on any atom is -0.390 e. The van der Waals surface area contributed by atoms with Gasteiger partial charge >= 0.3 is 0 Å². The van der Waals surface area contributed by atoms with Gasteiger partial charge in [0.25, 0.3) is 0 Å². The third kappa shape index (κ3) is 1.34. The fourth-order valence-electron chi connectivity index (χ4n) is 0.787. The van der Waals surface area contributed by atoms with E-state index in [1.807, 2.05) is 0 Å². The van der Waals surface area contributed by atoms with Crippen molar-refractivity contribution in [3.63, 3.8) is 0 Å². The van der Waals surface area contributed by atoms with Crippen LogP contribution in [0.25, 0.3) is 0 Å². The number of aldehydes is 1. The summed E-state index contributed by atoms with van der Waals surface area (Å²) in [6.45, 7) is 0.537. The first-order valence-electron chi connectivity index (χ1n) is 3.18. The van der Waals surface area contributed by atoms with Gasteiger partial charge in [-0.3, -0.25) is 4.79 Å². The molecular weight excluding hydrogens is 136 g/mol. The second-order valence-electron chi connectivity index (χ2n) is 2.14. The first kappa shape index (κ1) is 7.65. The Balaban J connectivity index is 2.52. The third-order valence-electron chi connectivity index (χ3n) is 1.38. The summed E-state index contributed by atoms with van der Waals surface area (Å²) in [5.41, 5.74) is 0. The van der Waals surface area contributed by atoms with Crippen LogP contribution in [0.1, 0.15) is 6.42 Å². The molecule has 4 nitrogen and oxygen atoms in total. The predicted molar refractivity (Wildman–Crippen MR) is 32.4 cm³/mol. The number of hydrogen-bond donors (Lipinski definition) is 1. The van der Waals surface area contributed by atoms with Gasteiger partial charge in [-0.25, -0.2) is 0 Å². The van der Waals surface area contributed by atoms with Gasteiger partial charge in [0.15, 0.2) is 6.29 Å². The minimum absolute atomic E-state index is 0.406. The van der Waals surface area contributed by atoms with Crippen molar-refractivity contribution in [1.29, 1.82) is 0 Å². The van der Waals surface area contributed by atoms with Crippen LogP contribution < -0.4 is 0 Å². The van der Waals surface area contributed by atoms with Crippen molar-refractivity contribution in [2.75, 3.05) is 19.8 Å². The predicted octanol–water partition coefficient (Wildman–Crippen LogP) is -0.689. The van der Waals surface area contributed by atoms with Crippen LogP contribution in [0.3, 0.4) is 0 Å². The highest BCUT2D eigenvalue weighted by Gasteiger charge is 2.33. The molecule has 1 aliphatic heterocycles. The van der Waals surface area contributed by atoms with Gasteiger partial charge in [0, 0.05) is 0 Å². The lowest BCUT2D eigenvalue weighted by Crippen LogP contribution is -2.45. The van der Waals surface area contributed by atoms with Crippen LogP contribution in [0.2, 0.25) is 0 Å². The molecule has 0 aromatic carbocycles. The van der Waals surface area contributed by atoms with E-state index >= 15 is 0 Å². The molecule has 0 bridgehead atoms. The number of aliphatic hydroxyl groups excluding tert-OH is 1. The van der Waals surface area contributed by atoms with E-state index in [0.29, 0.717) is 19.5 Å². The Morgan fingerprint density at radius 2 is 2.10 bits per heavy atom. The molecule has 0 unspecified atom stereocenters. The maximum Gasteiger partial charge on any atom is 0.249 e. The highest BCUT2D eigenvalue weighted by molar-refractivity contribution is 5.60. The molecule has 1 fully saturated rings. The lowest BCUT2D eigenvalue weighted by Gasteiger charge is -2.30. The molecule has 0 aromatic heterocycles. The standard InChI is InChI=1S/C6H10O4/c7-4-6(5-8)9-2-1-3-10-6/h4,8H,1-3,5H2. The Kier molecular flexibility index (Phi) is 2.37. The van der Waals surface area contributed by atoms with Crippen molar-refractivity contribution < 1.29 is 19.4 Å². The molecule has 0 atom stereocenters. The van der Waals surface area contributed by atoms with E-state index in [-0.39, 0.29) is 0 Å². The summed E-state index contributed by atoms with van der Waals surface area (Å²) in [5, 5.41) is 8.66. The third-order valence-corrected chi connectivity index (χ3v) is 1.38. The van der Waals surface area contributed by atoms with E-state index in [1.54, 1.807) is 0 Å². The molecule has 10 heavy (non-hydrogen) atoms. The highest BCUT2D eigenvalue weighted by Crippen LogP contribution is 2.14. The molecule has 1 aliphatic rings. The van der Waals surface area contributed by atoms with Crippen molar-refractivity contribution in [2.45, 2.75) is 12.2 Å². The van der Waals surface area contributed by atoms with Gasteiger partial charge in [-0.1, -0.05) is 0 Å². The fraction of sp³-hybridized carbons (Fsp3) is 0.833. The van der Waals surface area contributed by atoms with Gasteiger partial charge in [0.2, 0.25) is 5.79 Å². The lowest BCUT2D eigenvalue weighted by molar-refractivity contribution is -0.257. The smallest absolute Gasteiger partial charge is 0.249 e. The zero-order chi connectivity index (χ0) is 7.45. The van der Waals surface area contributed by atoms with Crippen LogP contribution in [-0.2, 0) is 14.3 Å². The summed E-state index contributed by atoms with van der Waals surface area (Å²) >= 11 is 0. The fourth-order valence-corrected chi connectivity index (χ4v) is 0.787. The first-order chi connectivity index (χ1) is 4.83. The molecule has 4 heteroatoms. The van der Waals surface area contributed by atoms with Crippen LogP contribution in [0.15, 0.2) is 0 Å². The second-order valence-corrected chi connectivity index (χ2v) is 2.14. The van der Waals surface area contributed by atoms with Crippen LogP contribution in [-0.4, -0.2) is 37.0 Å². The monoisotopic (exact) mass is 146 g/mol. The van der Waals surface area contributed by atoms with Crippen LogP contribution in [0.4, 0.5) is 0 Å². The van der Waals surface area contributed by atoms with Crippen molar-refractivity contribution in [1.82, 2.24) is 0 Å². The molecule has 1 N–H and O–H groups in total. The minimum atomic E-state index is -1.36. The summed E-state index contributed by atoms with van der Waals surface area (Å²) in [6.07, 6.45) is 1.27. The van der Waals surface area contributed by atoms with Crippen LogP contribution in [0.5, 0.6) is 0 Å². The molecular formula is C6H10O4. The molecule has 0 aliphatic carbocycles. The van der Waals surface area contributed by atoms with Gasteiger partial charge < -0.3 is 14.6 Å². The number of rotatable bonds is 2. The Hall–Kier alpha value is -0.450. The summed E-state index contributed by atoms with van der Waals surface area (Å²) < 4.78 is 9.85. The van der Waals surface area contributed by atoms with Crippen molar-refractivity contribution in [2.24, 2.45) is 0 Å². The molecule has 1 heterocycles. The maximum atomic E-state index is 10.3. The maximum absolute atomic E-state index is 10.3. The summed E-state index contributed by atoms with van der Waals surface area (Å²) in [6, 6.07) is 0. The van der Waals surface area contributed by atoms with Crippen LogP contribution >= 0.6 is 0 Å². The second kappa shape index (κ2) is 3.09. The van der Waals surface area contributed by atoms with Gasteiger partial charge in [-0.15, -0.1) is 0 Å². The number of aliphatic hydroxyl groups is 1. The highest BCUT2D eigenvalue weighted by atomic mass is 16.7. The Bertz CT molecular complexity index is 117. The Morgan fingerprint density at radius 3 is 2.40 bits per heavy atom. The molecule has 0 saturated carbocycles. The SMILES string of the molecule is O=CC1(CO)OCCCO1. The molecule has 0 amide bonds. The number of hydrogen-bond acceptors (Lipinski definition) is 4. The molecule has 0 aromatic rings. The zero-order valence-electron chi connectivity index (χ0n) is 5.58. The average Bonchev–Trinajstić information content (AvgIpc) is 2.06. The quantitative estimate of drug-likeness (QED) is 0.524. The first-order valence-corrected chi connectivity index (χ1v) is 3.18. The van der Waals surface area contributed by atoms with Crippen molar-refractivity contribution in [3.8, 4) is 0 Å². The number of carbonyl (C=O) groups excluding carboxylic acids is 1. The lowest BCUT2D eigenvalue weighted by atomic mass is 10.3. The van der Waals surface area contributed by atoms with Gasteiger partial charge in [-0.05, 0) is 6.42 Å². The normalized spacial score (nSPS) is 24.1. The summed E-state index contributed by atoms with van der Waals surface area (Å²) in [4.78, 5) is 10.3. The van der Waals surface area contributed by atoms with Gasteiger partial charge in [0.05, 0.1) is 13.2 Å². The van der Waals surface area contributed by atoms with E-state index in [1.165, 1.54) is 0 Å². The van der Waals surface area contributed by atoms with Gasteiger partial charge in [-0.2, -0.15) is 0 Å². The van der Waals surface area contributed by atoms with E-state index in [0.717, 1.165) is 6.42 Å². The zero-order valence-corrected chi connectivity index (χ0v) is 5.58. The summed E-state index contributed by atoms with van der Waals surface area (Å²) in [7, 11) is 0. The van der Waals surface area contributed by atoms with E-state index in [2.05, 4.69) is 0 Å². The Labute approximate surface area is 58.7 Å². The molecule has 1 rings (SSSR count). The van der Waals surface area contributed by atoms with Crippen molar-refractivity contribution in [3.05, 3.63) is 0 Å².